The zero-order valence-electron chi connectivity index (χ0n) is 7.66. The Morgan fingerprint density at radius 2 is 1.86 bits per heavy atom. The molecule has 1 aliphatic carbocycles. The molecule has 0 aromatic heterocycles. The van der Waals surface area contributed by atoms with Crippen LogP contribution in [0.25, 0.3) is 0 Å². The fourth-order valence-electron chi connectivity index (χ4n) is 1.45. The second-order valence-electron chi connectivity index (χ2n) is 3.24. The summed E-state index contributed by atoms with van der Waals surface area (Å²) in [6.07, 6.45) is 0.856. The first-order valence-electron chi connectivity index (χ1n) is 4.55. The van der Waals surface area contributed by atoms with Crippen molar-refractivity contribution in [2.75, 3.05) is 5.32 Å². The molecule has 2 rings (SSSR count). The van der Waals surface area contributed by atoms with Crippen LogP contribution in [0.5, 0.6) is 0 Å². The number of hydrogen-bond acceptors (Lipinski definition) is 3. The van der Waals surface area contributed by atoms with Crippen LogP contribution >= 0.6 is 0 Å². The summed E-state index contributed by atoms with van der Waals surface area (Å²) in [5.41, 5.74) is 1.17. The van der Waals surface area contributed by atoms with Crippen LogP contribution in [0.4, 0.5) is 5.69 Å². The predicted octanol–water partition coefficient (Wildman–Crippen LogP) is 2.23. The lowest BCUT2D eigenvalue weighted by Crippen LogP contribution is -2.07. The van der Waals surface area contributed by atoms with Gasteiger partial charge in [0.2, 0.25) is 0 Å². The fourth-order valence-corrected chi connectivity index (χ4v) is 1.45. The maximum Gasteiger partial charge on any atom is 0.182 e. The van der Waals surface area contributed by atoms with Crippen molar-refractivity contribution < 1.29 is 9.90 Å². The van der Waals surface area contributed by atoms with Gasteiger partial charge in [0.25, 0.3) is 0 Å². The molecule has 1 aromatic rings. The number of carbonyl (C=O) groups excluding carboxylic acids is 1. The molecule has 0 unspecified atom stereocenters. The summed E-state index contributed by atoms with van der Waals surface area (Å²) in [7, 11) is 0. The molecule has 72 valence electrons. The first kappa shape index (κ1) is 8.81. The molecule has 0 radical (unpaired) electrons. The van der Waals surface area contributed by atoms with Crippen LogP contribution in [0.2, 0.25) is 0 Å². The lowest BCUT2D eigenvalue weighted by molar-refractivity contribution is -0.114. The lowest BCUT2D eigenvalue weighted by Gasteiger charge is -2.05. The van der Waals surface area contributed by atoms with Crippen molar-refractivity contribution in [3.63, 3.8) is 0 Å². The molecular weight excluding hydrogens is 178 g/mol. The van der Waals surface area contributed by atoms with Crippen molar-refractivity contribution in [2.24, 2.45) is 0 Å². The Balaban J connectivity index is 2.19. The molecule has 0 fully saturated rings. The Kier molecular flexibility index (Phi) is 2.23. The van der Waals surface area contributed by atoms with E-state index in [0.717, 1.165) is 5.69 Å². The van der Waals surface area contributed by atoms with Gasteiger partial charge in [-0.1, -0.05) is 18.2 Å². The van der Waals surface area contributed by atoms with Gasteiger partial charge in [-0.15, -0.1) is 0 Å². The molecule has 1 aliphatic rings. The van der Waals surface area contributed by atoms with E-state index in [1.54, 1.807) is 0 Å². The van der Waals surface area contributed by atoms with E-state index in [1.807, 2.05) is 30.3 Å². The number of ketones is 1. The number of Topliss-reactive ketones (excluding diaryl/α,β-unsaturated/α-hetero) is 1. The summed E-state index contributed by atoms with van der Waals surface area (Å²) in [4.78, 5) is 11.3. The minimum absolute atomic E-state index is 0.0219. The van der Waals surface area contributed by atoms with Crippen LogP contribution in [0.15, 0.2) is 41.8 Å². The first-order chi connectivity index (χ1) is 6.77. The molecule has 1 aromatic carbocycles. The molecule has 14 heavy (non-hydrogen) atoms. The molecule has 3 heteroatoms. The molecule has 0 bridgehead atoms. The van der Waals surface area contributed by atoms with Gasteiger partial charge in [-0.2, -0.15) is 0 Å². The largest absolute Gasteiger partial charge is 0.510 e. The maximum absolute atomic E-state index is 11.3. The molecule has 0 spiro atoms. The van der Waals surface area contributed by atoms with Gasteiger partial charge in [0.05, 0.1) is 0 Å². The lowest BCUT2D eigenvalue weighted by atomic mass is 10.3. The minimum atomic E-state index is -0.0219. The number of anilines is 1. The number of para-hydroxylation sites is 1. The SMILES string of the molecule is O=C1CCC(O)=C1Nc1ccccc1. The topological polar surface area (TPSA) is 49.3 Å². The van der Waals surface area contributed by atoms with Crippen LogP contribution in [-0.4, -0.2) is 10.9 Å². The van der Waals surface area contributed by atoms with Crippen LogP contribution in [0.3, 0.4) is 0 Å². The highest BCUT2D eigenvalue weighted by molar-refractivity contribution is 6.00. The maximum atomic E-state index is 11.3. The number of aliphatic hydroxyl groups is 1. The van der Waals surface area contributed by atoms with Crippen LogP contribution < -0.4 is 5.32 Å². The first-order valence-corrected chi connectivity index (χ1v) is 4.55. The van der Waals surface area contributed by atoms with Gasteiger partial charge < -0.3 is 10.4 Å². The van der Waals surface area contributed by atoms with Crippen molar-refractivity contribution >= 4 is 11.5 Å². The van der Waals surface area contributed by atoms with Crippen molar-refractivity contribution in [3.8, 4) is 0 Å². The quantitative estimate of drug-likeness (QED) is 0.750. The molecule has 2 N–H and O–H groups in total. The van der Waals surface area contributed by atoms with Gasteiger partial charge in [-0.05, 0) is 12.1 Å². The number of rotatable bonds is 2. The highest BCUT2D eigenvalue weighted by Gasteiger charge is 2.22. The molecule has 0 saturated carbocycles. The predicted molar refractivity (Wildman–Crippen MR) is 54.0 cm³/mol. The highest BCUT2D eigenvalue weighted by Crippen LogP contribution is 2.22. The molecule has 3 nitrogen and oxygen atoms in total. The van der Waals surface area contributed by atoms with E-state index >= 15 is 0 Å². The van der Waals surface area contributed by atoms with Crippen LogP contribution in [0, 0.1) is 0 Å². The highest BCUT2D eigenvalue weighted by atomic mass is 16.3. The summed E-state index contributed by atoms with van der Waals surface area (Å²) < 4.78 is 0. The molecule has 0 saturated heterocycles. The monoisotopic (exact) mass is 189 g/mol. The van der Waals surface area contributed by atoms with Gasteiger partial charge in [-0.3, -0.25) is 4.79 Å². The number of hydrogen-bond donors (Lipinski definition) is 2. The number of benzene rings is 1. The fraction of sp³-hybridized carbons (Fsp3) is 0.182. The summed E-state index contributed by atoms with van der Waals surface area (Å²) in [6, 6.07) is 9.35. The zero-order valence-corrected chi connectivity index (χ0v) is 7.66. The number of allylic oxidation sites excluding steroid dienone is 2. The van der Waals surface area contributed by atoms with Crippen molar-refractivity contribution in [1.82, 2.24) is 0 Å². The third kappa shape index (κ3) is 1.62. The van der Waals surface area contributed by atoms with E-state index in [4.69, 9.17) is 0 Å². The van der Waals surface area contributed by atoms with Crippen molar-refractivity contribution in [2.45, 2.75) is 12.8 Å². The third-order valence-electron chi connectivity index (χ3n) is 2.20. The van der Waals surface area contributed by atoms with Crippen LogP contribution in [0.1, 0.15) is 12.8 Å². The average Bonchev–Trinajstić information content (AvgIpc) is 2.51. The van der Waals surface area contributed by atoms with Gasteiger partial charge in [0.1, 0.15) is 11.5 Å². The van der Waals surface area contributed by atoms with E-state index < -0.39 is 0 Å². The summed E-state index contributed by atoms with van der Waals surface area (Å²) in [5.74, 6) is 0.144. The van der Waals surface area contributed by atoms with E-state index in [-0.39, 0.29) is 11.5 Å². The molecule has 0 amide bonds. The summed E-state index contributed by atoms with van der Waals surface area (Å²) in [6.45, 7) is 0. The standard InChI is InChI=1S/C11H11NO2/c13-9-6-7-10(14)11(9)12-8-4-2-1-3-5-8/h1-5,12-13H,6-7H2. The molecule has 0 atom stereocenters. The summed E-state index contributed by atoms with van der Waals surface area (Å²) >= 11 is 0. The number of carbonyl (C=O) groups is 1. The summed E-state index contributed by atoms with van der Waals surface area (Å²) in [5, 5.41) is 12.3. The minimum Gasteiger partial charge on any atom is -0.510 e. The third-order valence-corrected chi connectivity index (χ3v) is 2.20. The molecular formula is C11H11NO2. The Morgan fingerprint density at radius 3 is 2.43 bits per heavy atom. The van der Waals surface area contributed by atoms with Crippen LogP contribution in [-0.2, 0) is 4.79 Å². The van der Waals surface area contributed by atoms with E-state index in [2.05, 4.69) is 5.32 Å². The van der Waals surface area contributed by atoms with Gasteiger partial charge >= 0.3 is 0 Å². The second kappa shape index (κ2) is 3.54. The molecule has 0 aliphatic heterocycles. The zero-order chi connectivity index (χ0) is 9.97. The average molecular weight is 189 g/mol. The smallest absolute Gasteiger partial charge is 0.182 e. The van der Waals surface area contributed by atoms with E-state index in [0.29, 0.717) is 18.5 Å². The second-order valence-corrected chi connectivity index (χ2v) is 3.24. The van der Waals surface area contributed by atoms with Gasteiger partial charge in [0, 0.05) is 18.5 Å². The van der Waals surface area contributed by atoms with Crippen molar-refractivity contribution in [1.29, 1.82) is 0 Å². The van der Waals surface area contributed by atoms with Gasteiger partial charge in [0.15, 0.2) is 5.78 Å². The van der Waals surface area contributed by atoms with E-state index in [9.17, 15) is 9.90 Å². The molecule has 0 heterocycles. The Labute approximate surface area is 82.1 Å². The Hall–Kier alpha value is -1.77. The van der Waals surface area contributed by atoms with Crippen molar-refractivity contribution in [3.05, 3.63) is 41.8 Å². The van der Waals surface area contributed by atoms with E-state index in [1.165, 1.54) is 0 Å². The Bertz CT molecular complexity index is 382. The van der Waals surface area contributed by atoms with Gasteiger partial charge in [-0.25, -0.2) is 0 Å². The normalized spacial score (nSPS) is 16.1. The Morgan fingerprint density at radius 1 is 1.14 bits per heavy atom. The number of aliphatic hydroxyl groups excluding tert-OH is 1. The number of nitrogens with one attached hydrogen (secondary N) is 1.